The number of aryl methyl sites for hydroxylation is 1. The highest BCUT2D eigenvalue weighted by molar-refractivity contribution is 5.87. The minimum Gasteiger partial charge on any atom is -0.872 e. The summed E-state index contributed by atoms with van der Waals surface area (Å²) in [6.45, 7) is 1.48. The number of hydrogen-bond acceptors (Lipinski definition) is 7. The van der Waals surface area contributed by atoms with Crippen molar-refractivity contribution in [3.05, 3.63) is 57.6 Å². The molecule has 0 saturated heterocycles. The molecule has 0 unspecified atom stereocenters. The SMILES string of the molecule is Cc1cc([N+](=O)[O-])cc(/C=N\NC(=O)[C@@H]2COc3ccccc3O2)c1[O-]. The fourth-order valence-corrected chi connectivity index (χ4v) is 2.37. The van der Waals surface area contributed by atoms with Crippen molar-refractivity contribution in [2.75, 3.05) is 6.61 Å². The van der Waals surface area contributed by atoms with Gasteiger partial charge in [-0.05, 0) is 24.6 Å². The van der Waals surface area contributed by atoms with E-state index in [2.05, 4.69) is 10.5 Å². The van der Waals surface area contributed by atoms with Crippen molar-refractivity contribution in [1.29, 1.82) is 0 Å². The van der Waals surface area contributed by atoms with Crippen LogP contribution in [0.1, 0.15) is 11.1 Å². The average molecular weight is 356 g/mol. The molecule has 0 saturated carbocycles. The number of hydrogen-bond donors (Lipinski definition) is 1. The third-order valence-electron chi connectivity index (χ3n) is 3.68. The number of rotatable bonds is 4. The molecule has 1 N–H and O–H groups in total. The summed E-state index contributed by atoms with van der Waals surface area (Å²) in [5.74, 6) is 0.0206. The first-order valence-electron chi connectivity index (χ1n) is 7.63. The highest BCUT2D eigenvalue weighted by Crippen LogP contribution is 2.30. The number of nitro groups is 1. The van der Waals surface area contributed by atoms with Gasteiger partial charge in [-0.25, -0.2) is 5.43 Å². The topological polar surface area (TPSA) is 126 Å². The van der Waals surface area contributed by atoms with Crippen molar-refractivity contribution in [3.8, 4) is 17.2 Å². The van der Waals surface area contributed by atoms with Crippen LogP contribution in [0.5, 0.6) is 17.2 Å². The Bertz CT molecular complexity index is 896. The van der Waals surface area contributed by atoms with Crippen LogP contribution in [0.15, 0.2) is 41.5 Å². The molecule has 0 radical (unpaired) electrons. The number of ether oxygens (including phenoxy) is 2. The van der Waals surface area contributed by atoms with Crippen molar-refractivity contribution in [3.63, 3.8) is 0 Å². The van der Waals surface area contributed by atoms with Gasteiger partial charge in [0.2, 0.25) is 6.10 Å². The molecular formula is C17H14N3O6-. The molecule has 2 aromatic carbocycles. The van der Waals surface area contributed by atoms with Gasteiger partial charge >= 0.3 is 0 Å². The van der Waals surface area contributed by atoms with Crippen molar-refractivity contribution >= 4 is 17.8 Å². The van der Waals surface area contributed by atoms with Crippen LogP contribution < -0.4 is 20.0 Å². The van der Waals surface area contributed by atoms with Gasteiger partial charge in [0.15, 0.2) is 11.5 Å². The summed E-state index contributed by atoms with van der Waals surface area (Å²) in [5.41, 5.74) is 2.24. The van der Waals surface area contributed by atoms with Crippen molar-refractivity contribution in [2.45, 2.75) is 13.0 Å². The zero-order chi connectivity index (χ0) is 18.7. The van der Waals surface area contributed by atoms with Crippen molar-refractivity contribution < 1.29 is 24.3 Å². The predicted molar refractivity (Wildman–Crippen MR) is 89.4 cm³/mol. The first-order chi connectivity index (χ1) is 12.5. The molecule has 2 aromatic rings. The second-order valence-electron chi connectivity index (χ2n) is 5.54. The monoisotopic (exact) mass is 356 g/mol. The highest BCUT2D eigenvalue weighted by Gasteiger charge is 2.27. The van der Waals surface area contributed by atoms with Gasteiger partial charge in [0, 0.05) is 12.1 Å². The maximum atomic E-state index is 12.1. The number of nitro benzene ring substituents is 1. The smallest absolute Gasteiger partial charge is 0.284 e. The number of hydrazone groups is 1. The molecule has 134 valence electrons. The fraction of sp³-hybridized carbons (Fsp3) is 0.176. The first-order valence-corrected chi connectivity index (χ1v) is 7.63. The Morgan fingerprint density at radius 1 is 1.35 bits per heavy atom. The first kappa shape index (κ1) is 17.2. The molecular weight excluding hydrogens is 342 g/mol. The zero-order valence-electron chi connectivity index (χ0n) is 13.7. The summed E-state index contributed by atoms with van der Waals surface area (Å²) < 4.78 is 11.0. The number of amides is 1. The molecule has 1 amide bonds. The van der Waals surface area contributed by atoms with Gasteiger partial charge in [0.25, 0.3) is 11.6 Å². The molecule has 0 aliphatic carbocycles. The Morgan fingerprint density at radius 3 is 2.81 bits per heavy atom. The van der Waals surface area contributed by atoms with Gasteiger partial charge < -0.3 is 14.6 Å². The lowest BCUT2D eigenvalue weighted by atomic mass is 10.1. The Balaban J connectivity index is 1.68. The van der Waals surface area contributed by atoms with Crippen LogP contribution in [0, 0.1) is 17.0 Å². The third-order valence-corrected chi connectivity index (χ3v) is 3.68. The maximum absolute atomic E-state index is 12.1. The van der Waals surface area contributed by atoms with Crippen LogP contribution >= 0.6 is 0 Å². The van der Waals surface area contributed by atoms with E-state index in [4.69, 9.17) is 9.47 Å². The summed E-state index contributed by atoms with van der Waals surface area (Å²) in [5, 5.41) is 26.5. The highest BCUT2D eigenvalue weighted by atomic mass is 16.6. The van der Waals surface area contributed by atoms with E-state index in [1.54, 1.807) is 24.3 Å². The van der Waals surface area contributed by atoms with E-state index in [0.29, 0.717) is 11.5 Å². The van der Waals surface area contributed by atoms with Crippen LogP contribution in [-0.4, -0.2) is 29.8 Å². The van der Waals surface area contributed by atoms with E-state index in [1.807, 2.05) is 0 Å². The average Bonchev–Trinajstić information content (AvgIpc) is 2.64. The number of nitrogens with zero attached hydrogens (tertiary/aromatic N) is 2. The number of non-ortho nitro benzene ring substituents is 1. The quantitative estimate of drug-likeness (QED) is 0.499. The second-order valence-corrected chi connectivity index (χ2v) is 5.54. The van der Waals surface area contributed by atoms with Crippen LogP contribution in [0.2, 0.25) is 0 Å². The third kappa shape index (κ3) is 3.56. The zero-order valence-corrected chi connectivity index (χ0v) is 13.7. The molecule has 0 spiro atoms. The molecule has 1 heterocycles. The van der Waals surface area contributed by atoms with E-state index in [0.717, 1.165) is 12.3 Å². The van der Waals surface area contributed by atoms with Crippen LogP contribution in [0.3, 0.4) is 0 Å². The van der Waals surface area contributed by atoms with E-state index in [1.165, 1.54) is 13.0 Å². The van der Waals surface area contributed by atoms with E-state index in [-0.39, 0.29) is 23.4 Å². The lowest BCUT2D eigenvalue weighted by molar-refractivity contribution is -0.385. The van der Waals surface area contributed by atoms with Gasteiger partial charge in [0.05, 0.1) is 11.1 Å². The maximum Gasteiger partial charge on any atom is 0.284 e. The van der Waals surface area contributed by atoms with E-state index < -0.39 is 22.7 Å². The normalized spacial score (nSPS) is 15.7. The number of carbonyl (C=O) groups excluding carboxylic acids is 1. The Morgan fingerprint density at radius 2 is 2.08 bits per heavy atom. The molecule has 9 nitrogen and oxygen atoms in total. The molecule has 9 heteroatoms. The van der Waals surface area contributed by atoms with Gasteiger partial charge in [0.1, 0.15) is 6.61 Å². The van der Waals surface area contributed by atoms with Gasteiger partial charge in [-0.2, -0.15) is 5.10 Å². The Hall–Kier alpha value is -3.62. The molecule has 0 fully saturated rings. The number of nitrogens with one attached hydrogen (secondary N) is 1. The lowest BCUT2D eigenvalue weighted by Gasteiger charge is -2.24. The molecule has 1 atom stereocenters. The lowest BCUT2D eigenvalue weighted by Crippen LogP contribution is -2.42. The molecule has 0 bridgehead atoms. The number of benzene rings is 2. The molecule has 3 rings (SSSR count). The van der Waals surface area contributed by atoms with Gasteiger partial charge in [-0.3, -0.25) is 14.9 Å². The largest absolute Gasteiger partial charge is 0.872 e. The molecule has 1 aliphatic rings. The van der Waals surface area contributed by atoms with Crippen LogP contribution in [0.4, 0.5) is 5.69 Å². The molecule has 26 heavy (non-hydrogen) atoms. The Labute approximate surface area is 148 Å². The predicted octanol–water partition coefficient (Wildman–Crippen LogP) is 1.27. The fourth-order valence-electron chi connectivity index (χ4n) is 2.37. The van der Waals surface area contributed by atoms with E-state index >= 15 is 0 Å². The summed E-state index contributed by atoms with van der Waals surface area (Å²) in [6, 6.07) is 9.22. The van der Waals surface area contributed by atoms with Crippen LogP contribution in [-0.2, 0) is 4.79 Å². The van der Waals surface area contributed by atoms with Crippen LogP contribution in [0.25, 0.3) is 0 Å². The molecule has 1 aliphatic heterocycles. The number of carbonyl (C=O) groups is 1. The number of fused-ring (bicyclic) bond motifs is 1. The van der Waals surface area contributed by atoms with Gasteiger partial charge in [-0.1, -0.05) is 23.4 Å². The van der Waals surface area contributed by atoms with Crippen molar-refractivity contribution in [2.24, 2.45) is 5.10 Å². The summed E-state index contributed by atoms with van der Waals surface area (Å²) in [7, 11) is 0. The number of para-hydroxylation sites is 2. The summed E-state index contributed by atoms with van der Waals surface area (Å²) in [6.07, 6.45) is 0.165. The van der Waals surface area contributed by atoms with Gasteiger partial charge in [-0.15, -0.1) is 0 Å². The standard InChI is InChI=1S/C17H15N3O6/c1-10-6-12(20(23)24)7-11(16(10)21)8-18-19-17(22)15-9-25-13-4-2-3-5-14(13)26-15/h2-8,15,21H,9H2,1H3,(H,19,22)/p-1/b18-8-/t15-/m0/s1. The van der Waals surface area contributed by atoms with E-state index in [9.17, 15) is 20.0 Å². The summed E-state index contributed by atoms with van der Waals surface area (Å²) in [4.78, 5) is 22.4. The molecule has 0 aromatic heterocycles. The Kier molecular flexibility index (Phi) is 4.70. The minimum absolute atomic E-state index is 0.00292. The second kappa shape index (κ2) is 7.09. The summed E-state index contributed by atoms with van der Waals surface area (Å²) >= 11 is 0. The van der Waals surface area contributed by atoms with Crippen molar-refractivity contribution in [1.82, 2.24) is 5.43 Å². The minimum atomic E-state index is -0.902.